The van der Waals surface area contributed by atoms with Crippen LogP contribution in [0.4, 0.5) is 0 Å². The summed E-state index contributed by atoms with van der Waals surface area (Å²) in [7, 11) is 0. The number of allylic oxidation sites excluding steroid dienone is 1. The first-order chi connectivity index (χ1) is 17.0. The summed E-state index contributed by atoms with van der Waals surface area (Å²) >= 11 is 1.32. The molecule has 7 nitrogen and oxygen atoms in total. The molecule has 8 heteroatoms. The first kappa shape index (κ1) is 22.9. The van der Waals surface area contributed by atoms with Gasteiger partial charge in [0.15, 0.2) is 10.9 Å². The van der Waals surface area contributed by atoms with Gasteiger partial charge in [0, 0.05) is 30.0 Å². The molecule has 3 heterocycles. The Morgan fingerprint density at radius 1 is 1.03 bits per heavy atom. The standard InChI is InChI=1S/C27H25N5O2S/c1-4-14-30-25(34)21-12-8-9-13-23(21)32-26(30)28-29-27(32)35-17-24(33)22-15-18(2)31(19(22)3)16-20-10-6-5-7-11-20/h4-13,15H,1,14,16-17H2,2-3H3. The molecule has 3 aromatic heterocycles. The molecule has 176 valence electrons. The van der Waals surface area contributed by atoms with Crippen molar-refractivity contribution in [1.29, 1.82) is 0 Å². The summed E-state index contributed by atoms with van der Waals surface area (Å²) in [5, 5.41) is 9.73. The van der Waals surface area contributed by atoms with E-state index in [1.807, 2.05) is 60.7 Å². The van der Waals surface area contributed by atoms with Crippen molar-refractivity contribution in [2.75, 3.05) is 5.75 Å². The molecule has 0 aliphatic heterocycles. The Balaban J connectivity index is 1.46. The van der Waals surface area contributed by atoms with Crippen LogP contribution in [0.2, 0.25) is 0 Å². The highest BCUT2D eigenvalue weighted by molar-refractivity contribution is 7.99. The maximum absolute atomic E-state index is 13.2. The van der Waals surface area contributed by atoms with Crippen molar-refractivity contribution < 1.29 is 4.79 Å². The largest absolute Gasteiger partial charge is 0.344 e. The van der Waals surface area contributed by atoms with Crippen molar-refractivity contribution >= 4 is 34.2 Å². The van der Waals surface area contributed by atoms with Gasteiger partial charge in [0.1, 0.15) is 0 Å². The molecule has 0 bridgehead atoms. The minimum Gasteiger partial charge on any atom is -0.344 e. The first-order valence-corrected chi connectivity index (χ1v) is 12.3. The van der Waals surface area contributed by atoms with Crippen LogP contribution in [0.3, 0.4) is 0 Å². The highest BCUT2D eigenvalue weighted by atomic mass is 32.2. The van der Waals surface area contributed by atoms with Gasteiger partial charge >= 0.3 is 0 Å². The SMILES string of the molecule is C=CCn1c(=O)c2ccccc2n2c(SCC(=O)c3cc(C)n(Cc4ccccc4)c3C)nnc12. The summed E-state index contributed by atoms with van der Waals surface area (Å²) < 4.78 is 5.56. The van der Waals surface area contributed by atoms with Gasteiger partial charge < -0.3 is 4.57 Å². The number of carbonyl (C=O) groups excluding carboxylic acids is 1. The molecule has 0 aliphatic rings. The number of Topliss-reactive ketones (excluding diaryl/α,β-unsaturated/α-hetero) is 1. The summed E-state index contributed by atoms with van der Waals surface area (Å²) in [4.78, 5) is 26.2. The Kier molecular flexibility index (Phi) is 6.13. The molecule has 35 heavy (non-hydrogen) atoms. The Hall–Kier alpha value is -3.91. The summed E-state index contributed by atoms with van der Waals surface area (Å²) in [5.74, 6) is 0.679. The summed E-state index contributed by atoms with van der Waals surface area (Å²) in [6.45, 7) is 8.82. The van der Waals surface area contributed by atoms with Crippen LogP contribution in [0.25, 0.3) is 16.7 Å². The average molecular weight is 484 g/mol. The van der Waals surface area contributed by atoms with Crippen LogP contribution < -0.4 is 5.56 Å². The van der Waals surface area contributed by atoms with E-state index in [-0.39, 0.29) is 17.1 Å². The van der Waals surface area contributed by atoms with Crippen LogP contribution in [0.15, 0.2) is 83.3 Å². The molecule has 0 fully saturated rings. The molecule has 0 spiro atoms. The second kappa shape index (κ2) is 9.38. The van der Waals surface area contributed by atoms with Crippen molar-refractivity contribution in [3.8, 4) is 0 Å². The molecular weight excluding hydrogens is 458 g/mol. The van der Waals surface area contributed by atoms with E-state index in [9.17, 15) is 9.59 Å². The monoisotopic (exact) mass is 483 g/mol. The quantitative estimate of drug-likeness (QED) is 0.182. The number of carbonyl (C=O) groups is 1. The van der Waals surface area contributed by atoms with E-state index in [4.69, 9.17) is 0 Å². The zero-order chi connectivity index (χ0) is 24.5. The number of thioether (sulfide) groups is 1. The van der Waals surface area contributed by atoms with Gasteiger partial charge in [-0.1, -0.05) is 60.3 Å². The minimum absolute atomic E-state index is 0.0304. The number of fused-ring (bicyclic) bond motifs is 3. The smallest absolute Gasteiger partial charge is 0.263 e. The highest BCUT2D eigenvalue weighted by Gasteiger charge is 2.20. The normalized spacial score (nSPS) is 11.4. The van der Waals surface area contributed by atoms with E-state index in [0.29, 0.717) is 33.9 Å². The Morgan fingerprint density at radius 3 is 2.54 bits per heavy atom. The van der Waals surface area contributed by atoms with E-state index >= 15 is 0 Å². The Morgan fingerprint density at radius 2 is 1.77 bits per heavy atom. The van der Waals surface area contributed by atoms with Crippen LogP contribution in [0, 0.1) is 13.8 Å². The number of ketones is 1. The molecule has 2 aromatic carbocycles. The molecule has 0 amide bonds. The number of aromatic nitrogens is 5. The second-order valence-electron chi connectivity index (χ2n) is 8.41. The zero-order valence-corrected chi connectivity index (χ0v) is 20.5. The van der Waals surface area contributed by atoms with E-state index < -0.39 is 0 Å². The number of nitrogens with zero attached hydrogens (tertiary/aromatic N) is 5. The number of rotatable bonds is 8. The van der Waals surface area contributed by atoms with Gasteiger partial charge in [0.05, 0.1) is 16.7 Å². The number of hydrogen-bond acceptors (Lipinski definition) is 5. The molecule has 0 saturated carbocycles. The predicted octanol–water partition coefficient (Wildman–Crippen LogP) is 4.67. The Labute approximate surface area is 206 Å². The van der Waals surface area contributed by atoms with E-state index in [0.717, 1.165) is 17.9 Å². The molecule has 0 radical (unpaired) electrons. The molecule has 0 aliphatic carbocycles. The average Bonchev–Trinajstić information content (AvgIpc) is 3.42. The third kappa shape index (κ3) is 4.10. The van der Waals surface area contributed by atoms with Crippen molar-refractivity contribution in [3.63, 3.8) is 0 Å². The van der Waals surface area contributed by atoms with Crippen molar-refractivity contribution in [2.24, 2.45) is 0 Å². The molecule has 0 saturated heterocycles. The molecular formula is C27H25N5O2S. The number of hydrogen-bond donors (Lipinski definition) is 0. The lowest BCUT2D eigenvalue weighted by Crippen LogP contribution is -2.22. The van der Waals surface area contributed by atoms with Crippen LogP contribution in [-0.2, 0) is 13.1 Å². The van der Waals surface area contributed by atoms with Crippen LogP contribution >= 0.6 is 11.8 Å². The minimum atomic E-state index is -0.140. The van der Waals surface area contributed by atoms with E-state index in [1.165, 1.54) is 17.3 Å². The van der Waals surface area contributed by atoms with Gasteiger partial charge in [0.2, 0.25) is 5.78 Å². The topological polar surface area (TPSA) is 74.2 Å². The van der Waals surface area contributed by atoms with Gasteiger partial charge in [-0.15, -0.1) is 16.8 Å². The van der Waals surface area contributed by atoms with Crippen LogP contribution in [0.1, 0.15) is 27.3 Å². The zero-order valence-electron chi connectivity index (χ0n) is 19.6. The van der Waals surface area contributed by atoms with Crippen LogP contribution in [-0.4, -0.2) is 35.3 Å². The van der Waals surface area contributed by atoms with Crippen molar-refractivity contribution in [2.45, 2.75) is 32.1 Å². The van der Waals surface area contributed by atoms with Crippen molar-refractivity contribution in [3.05, 3.63) is 106 Å². The first-order valence-electron chi connectivity index (χ1n) is 11.3. The molecule has 5 rings (SSSR count). The summed E-state index contributed by atoms with van der Waals surface area (Å²) in [5.41, 5.74) is 4.48. The van der Waals surface area contributed by atoms with Gasteiger partial charge in [-0.25, -0.2) is 0 Å². The summed E-state index contributed by atoms with van der Waals surface area (Å²) in [6.07, 6.45) is 1.66. The maximum Gasteiger partial charge on any atom is 0.263 e. The number of aryl methyl sites for hydroxylation is 1. The lowest BCUT2D eigenvalue weighted by atomic mass is 10.2. The summed E-state index contributed by atoms with van der Waals surface area (Å²) in [6, 6.07) is 19.5. The highest BCUT2D eigenvalue weighted by Crippen LogP contribution is 2.24. The molecule has 0 unspecified atom stereocenters. The molecule has 0 N–H and O–H groups in total. The lowest BCUT2D eigenvalue weighted by Gasteiger charge is -2.10. The predicted molar refractivity (Wildman–Crippen MR) is 139 cm³/mol. The lowest BCUT2D eigenvalue weighted by molar-refractivity contribution is 0.102. The van der Waals surface area contributed by atoms with Crippen molar-refractivity contribution in [1.82, 2.24) is 23.7 Å². The fraction of sp³-hybridized carbons (Fsp3) is 0.185. The Bertz CT molecular complexity index is 1630. The number of benzene rings is 2. The number of para-hydroxylation sites is 1. The van der Waals surface area contributed by atoms with Gasteiger partial charge in [-0.05, 0) is 37.6 Å². The third-order valence-corrected chi connectivity index (χ3v) is 7.11. The second-order valence-corrected chi connectivity index (χ2v) is 9.35. The molecule has 0 atom stereocenters. The maximum atomic E-state index is 13.2. The van der Waals surface area contributed by atoms with Gasteiger partial charge in [-0.2, -0.15) is 0 Å². The van der Waals surface area contributed by atoms with E-state index in [2.05, 4.69) is 33.5 Å². The fourth-order valence-corrected chi connectivity index (χ4v) is 5.24. The van der Waals surface area contributed by atoms with E-state index in [1.54, 1.807) is 16.7 Å². The fourth-order valence-electron chi connectivity index (χ4n) is 4.42. The third-order valence-electron chi connectivity index (χ3n) is 6.18. The van der Waals surface area contributed by atoms with Gasteiger partial charge in [0.25, 0.3) is 5.56 Å². The molecule has 5 aromatic rings. The van der Waals surface area contributed by atoms with Gasteiger partial charge in [-0.3, -0.25) is 18.6 Å². The van der Waals surface area contributed by atoms with Crippen LogP contribution in [0.5, 0.6) is 0 Å².